The van der Waals surface area contributed by atoms with Gasteiger partial charge in [0.2, 0.25) is 0 Å². The van der Waals surface area contributed by atoms with Crippen molar-refractivity contribution in [1.29, 1.82) is 0 Å². The fourth-order valence-electron chi connectivity index (χ4n) is 4.00. The summed E-state index contributed by atoms with van der Waals surface area (Å²) in [7, 11) is 0. The topological polar surface area (TPSA) is 69.3 Å². The van der Waals surface area contributed by atoms with Gasteiger partial charge in [-0.05, 0) is 63.4 Å². The minimum Gasteiger partial charge on any atom is -0.490 e. The number of piperidine rings is 1. The van der Waals surface area contributed by atoms with Gasteiger partial charge in [0, 0.05) is 35.6 Å². The number of hydrogen-bond acceptors (Lipinski definition) is 4. The van der Waals surface area contributed by atoms with Crippen LogP contribution >= 0.6 is 0 Å². The van der Waals surface area contributed by atoms with Crippen LogP contribution < -0.4 is 15.4 Å². The predicted octanol–water partition coefficient (Wildman–Crippen LogP) is 3.52. The van der Waals surface area contributed by atoms with Crippen LogP contribution in [0, 0.1) is 12.8 Å². The highest BCUT2D eigenvalue weighted by atomic mass is 19.4. The first kappa shape index (κ1) is 21.9. The van der Waals surface area contributed by atoms with E-state index < -0.39 is 18.7 Å². The standard InChI is InChI=1S/C21H30F3N3O2/c1-14-11-17-19(27-14)3-2-4-20(17)29-13-16(28)12-26-18(5-8-21(22,23)24)15-6-9-25-10-7-15/h2-4,11,15-16,18,25-28H,5-10,12-13H2,1H3/t16-,18?/m0/s1. The molecule has 0 bridgehead atoms. The molecular weight excluding hydrogens is 383 g/mol. The van der Waals surface area contributed by atoms with E-state index in [0.717, 1.165) is 42.5 Å². The van der Waals surface area contributed by atoms with Crippen LogP contribution in [0.25, 0.3) is 10.9 Å². The van der Waals surface area contributed by atoms with Gasteiger partial charge in [-0.25, -0.2) is 0 Å². The highest BCUT2D eigenvalue weighted by Gasteiger charge is 2.31. The number of aromatic amines is 1. The lowest BCUT2D eigenvalue weighted by Crippen LogP contribution is -2.45. The van der Waals surface area contributed by atoms with Crippen LogP contribution in [0.3, 0.4) is 0 Å². The van der Waals surface area contributed by atoms with Crippen LogP contribution in [-0.4, -0.2) is 54.7 Å². The number of ether oxygens (including phenoxy) is 1. The molecule has 4 N–H and O–H groups in total. The van der Waals surface area contributed by atoms with Gasteiger partial charge in [0.05, 0.1) is 0 Å². The Morgan fingerprint density at radius 3 is 2.76 bits per heavy atom. The van der Waals surface area contributed by atoms with Crippen molar-refractivity contribution in [2.75, 3.05) is 26.2 Å². The molecule has 1 aliphatic heterocycles. The molecule has 1 fully saturated rings. The lowest BCUT2D eigenvalue weighted by Gasteiger charge is -2.32. The van der Waals surface area contributed by atoms with Crippen molar-refractivity contribution in [1.82, 2.24) is 15.6 Å². The molecule has 8 heteroatoms. The number of H-pyrrole nitrogens is 1. The van der Waals surface area contributed by atoms with E-state index >= 15 is 0 Å². The average molecular weight is 413 g/mol. The monoisotopic (exact) mass is 413 g/mol. The normalized spacial score (nSPS) is 18.1. The summed E-state index contributed by atoms with van der Waals surface area (Å²) < 4.78 is 43.9. The van der Waals surface area contributed by atoms with Crippen molar-refractivity contribution in [3.8, 4) is 5.75 Å². The number of halogens is 3. The molecule has 1 saturated heterocycles. The van der Waals surface area contributed by atoms with Crippen LogP contribution in [0.5, 0.6) is 5.75 Å². The zero-order chi connectivity index (χ0) is 20.9. The zero-order valence-electron chi connectivity index (χ0n) is 16.7. The maximum Gasteiger partial charge on any atom is 0.389 e. The van der Waals surface area contributed by atoms with Gasteiger partial charge in [-0.2, -0.15) is 13.2 Å². The second kappa shape index (κ2) is 9.82. The molecule has 0 saturated carbocycles. The summed E-state index contributed by atoms with van der Waals surface area (Å²) in [6.45, 7) is 3.88. The van der Waals surface area contributed by atoms with E-state index in [1.165, 1.54) is 0 Å². The minimum absolute atomic E-state index is 0.0314. The number of aryl methyl sites for hydroxylation is 1. The zero-order valence-corrected chi connectivity index (χ0v) is 16.7. The Labute approximate surface area is 169 Å². The van der Waals surface area contributed by atoms with Crippen molar-refractivity contribution in [2.24, 2.45) is 5.92 Å². The summed E-state index contributed by atoms with van der Waals surface area (Å²) >= 11 is 0. The number of rotatable bonds is 9. The third-order valence-electron chi connectivity index (χ3n) is 5.50. The number of alkyl halides is 3. The van der Waals surface area contributed by atoms with Crippen molar-refractivity contribution < 1.29 is 23.0 Å². The summed E-state index contributed by atoms with van der Waals surface area (Å²) in [6, 6.07) is 7.40. The second-order valence-corrected chi connectivity index (χ2v) is 7.89. The summed E-state index contributed by atoms with van der Waals surface area (Å²) in [4.78, 5) is 3.24. The quantitative estimate of drug-likeness (QED) is 0.508. The van der Waals surface area contributed by atoms with Crippen LogP contribution in [-0.2, 0) is 0 Å². The molecule has 0 radical (unpaired) electrons. The smallest absolute Gasteiger partial charge is 0.389 e. The number of aliphatic hydroxyl groups excluding tert-OH is 1. The molecular formula is C21H30F3N3O2. The number of aromatic nitrogens is 1. The summed E-state index contributed by atoms with van der Waals surface area (Å²) in [5.74, 6) is 0.862. The summed E-state index contributed by atoms with van der Waals surface area (Å²) in [5.41, 5.74) is 1.98. The van der Waals surface area contributed by atoms with Gasteiger partial charge in [-0.3, -0.25) is 0 Å². The minimum atomic E-state index is -4.16. The number of fused-ring (bicyclic) bond motifs is 1. The van der Waals surface area contributed by atoms with E-state index in [2.05, 4.69) is 15.6 Å². The van der Waals surface area contributed by atoms with E-state index in [1.54, 1.807) is 0 Å². The SMILES string of the molecule is Cc1cc2c(OC[C@@H](O)CNC(CCC(F)(F)F)C3CCNCC3)cccc2[nH]1. The lowest BCUT2D eigenvalue weighted by atomic mass is 9.87. The molecule has 162 valence electrons. The van der Waals surface area contributed by atoms with Crippen molar-refractivity contribution in [3.63, 3.8) is 0 Å². The van der Waals surface area contributed by atoms with Crippen LogP contribution in [0.4, 0.5) is 13.2 Å². The summed E-state index contributed by atoms with van der Waals surface area (Å²) in [5, 5.41) is 17.7. The highest BCUT2D eigenvalue weighted by molar-refractivity contribution is 5.86. The first-order valence-electron chi connectivity index (χ1n) is 10.2. The van der Waals surface area contributed by atoms with Crippen LogP contribution in [0.2, 0.25) is 0 Å². The van der Waals surface area contributed by atoms with Crippen molar-refractivity contribution in [3.05, 3.63) is 30.0 Å². The number of nitrogens with one attached hydrogen (secondary N) is 3. The van der Waals surface area contributed by atoms with Gasteiger partial charge in [-0.1, -0.05) is 6.07 Å². The maximum absolute atomic E-state index is 12.7. The highest BCUT2D eigenvalue weighted by Crippen LogP contribution is 2.28. The Morgan fingerprint density at radius 1 is 1.28 bits per heavy atom. The first-order valence-corrected chi connectivity index (χ1v) is 10.2. The van der Waals surface area contributed by atoms with Gasteiger partial charge in [0.15, 0.2) is 0 Å². The molecule has 2 heterocycles. The van der Waals surface area contributed by atoms with Gasteiger partial charge in [0.1, 0.15) is 18.5 Å². The van der Waals surface area contributed by atoms with Gasteiger partial charge < -0.3 is 25.5 Å². The third kappa shape index (κ3) is 6.62. The number of benzene rings is 1. The fourth-order valence-corrected chi connectivity index (χ4v) is 4.00. The molecule has 2 aromatic rings. The second-order valence-electron chi connectivity index (χ2n) is 7.89. The molecule has 0 spiro atoms. The molecule has 0 aliphatic carbocycles. The fraction of sp³-hybridized carbons (Fsp3) is 0.619. The summed E-state index contributed by atoms with van der Waals surface area (Å²) in [6.07, 6.45) is -4.06. The van der Waals surface area contributed by atoms with Crippen LogP contribution in [0.15, 0.2) is 24.3 Å². The Kier molecular flexibility index (Phi) is 7.43. The Morgan fingerprint density at radius 2 is 2.03 bits per heavy atom. The van der Waals surface area contributed by atoms with E-state index in [-0.39, 0.29) is 31.5 Å². The van der Waals surface area contributed by atoms with Crippen LogP contribution in [0.1, 0.15) is 31.4 Å². The molecule has 5 nitrogen and oxygen atoms in total. The van der Waals surface area contributed by atoms with Gasteiger partial charge in [0.25, 0.3) is 0 Å². The lowest BCUT2D eigenvalue weighted by molar-refractivity contribution is -0.137. The predicted molar refractivity (Wildman–Crippen MR) is 107 cm³/mol. The number of aliphatic hydroxyl groups is 1. The van der Waals surface area contributed by atoms with Gasteiger partial charge in [-0.15, -0.1) is 0 Å². The first-order chi connectivity index (χ1) is 13.8. The van der Waals surface area contributed by atoms with Crippen molar-refractivity contribution in [2.45, 2.75) is 50.9 Å². The van der Waals surface area contributed by atoms with E-state index in [4.69, 9.17) is 4.74 Å². The molecule has 1 aromatic carbocycles. The Hall–Kier alpha value is -1.77. The Bertz CT molecular complexity index is 772. The largest absolute Gasteiger partial charge is 0.490 e. The average Bonchev–Trinajstić information content (AvgIpc) is 3.07. The van der Waals surface area contributed by atoms with E-state index in [1.807, 2.05) is 31.2 Å². The Balaban J connectivity index is 1.52. The molecule has 1 aliphatic rings. The third-order valence-corrected chi connectivity index (χ3v) is 5.50. The molecule has 1 unspecified atom stereocenters. The van der Waals surface area contributed by atoms with Crippen molar-refractivity contribution >= 4 is 10.9 Å². The number of hydrogen-bond donors (Lipinski definition) is 4. The maximum atomic E-state index is 12.7. The molecule has 29 heavy (non-hydrogen) atoms. The molecule has 0 amide bonds. The molecule has 3 rings (SSSR count). The molecule has 2 atom stereocenters. The van der Waals surface area contributed by atoms with E-state index in [0.29, 0.717) is 5.75 Å². The molecule has 1 aromatic heterocycles. The van der Waals surface area contributed by atoms with Gasteiger partial charge >= 0.3 is 6.18 Å². The van der Waals surface area contributed by atoms with E-state index in [9.17, 15) is 18.3 Å².